The van der Waals surface area contributed by atoms with E-state index in [0.29, 0.717) is 10.6 Å². The molecule has 0 unspecified atom stereocenters. The lowest BCUT2D eigenvalue weighted by atomic mass is 10.1. The predicted octanol–water partition coefficient (Wildman–Crippen LogP) is 4.48. The Morgan fingerprint density at radius 1 is 1.25 bits per heavy atom. The first kappa shape index (κ1) is 11.4. The van der Waals surface area contributed by atoms with Crippen LogP contribution in [-0.2, 0) is 6.18 Å². The summed E-state index contributed by atoms with van der Waals surface area (Å²) in [7, 11) is 0. The molecular weight excluding hydrogens is 259 g/mol. The molecule has 0 amide bonds. The molecule has 0 fully saturated rings. The number of benzene rings is 1. The van der Waals surface area contributed by atoms with Crippen molar-refractivity contribution in [2.24, 2.45) is 0 Å². The van der Waals surface area contributed by atoms with Crippen molar-refractivity contribution in [3.05, 3.63) is 40.4 Å². The second-order valence-electron chi connectivity index (χ2n) is 3.03. The summed E-state index contributed by atoms with van der Waals surface area (Å²) in [5.41, 5.74) is -0.234. The number of alkyl halides is 3. The zero-order chi connectivity index (χ0) is 11.8. The van der Waals surface area contributed by atoms with Gasteiger partial charge in [-0.25, -0.2) is 4.98 Å². The highest BCUT2D eigenvalue weighted by molar-refractivity contribution is 7.13. The van der Waals surface area contributed by atoms with Crippen LogP contribution in [0.2, 0.25) is 5.02 Å². The molecule has 0 saturated heterocycles. The van der Waals surface area contributed by atoms with Gasteiger partial charge in [-0.05, 0) is 18.2 Å². The summed E-state index contributed by atoms with van der Waals surface area (Å²) in [6, 6.07) is 3.25. The Morgan fingerprint density at radius 2 is 2.00 bits per heavy atom. The minimum absolute atomic E-state index is 0.0600. The lowest BCUT2D eigenvalue weighted by Crippen LogP contribution is -2.04. The molecule has 0 spiro atoms. The third kappa shape index (κ3) is 2.20. The predicted molar refractivity (Wildman–Crippen MR) is 57.6 cm³/mol. The Kier molecular flexibility index (Phi) is 2.90. The average Bonchev–Trinajstić information content (AvgIpc) is 2.69. The van der Waals surface area contributed by atoms with E-state index in [4.69, 9.17) is 11.6 Å². The van der Waals surface area contributed by atoms with Gasteiger partial charge in [0.1, 0.15) is 5.01 Å². The van der Waals surface area contributed by atoms with Gasteiger partial charge in [-0.2, -0.15) is 13.2 Å². The molecule has 0 atom stereocenters. The molecule has 84 valence electrons. The molecule has 0 aliphatic rings. The van der Waals surface area contributed by atoms with Crippen LogP contribution in [0.4, 0.5) is 13.2 Å². The molecule has 2 rings (SSSR count). The largest absolute Gasteiger partial charge is 0.416 e. The molecule has 0 aliphatic carbocycles. The highest BCUT2D eigenvalue weighted by Gasteiger charge is 2.31. The van der Waals surface area contributed by atoms with Crippen molar-refractivity contribution < 1.29 is 13.2 Å². The molecule has 1 nitrogen and oxygen atoms in total. The first-order valence-corrected chi connectivity index (χ1v) is 5.51. The van der Waals surface area contributed by atoms with E-state index in [-0.39, 0.29) is 5.02 Å². The molecule has 0 bridgehead atoms. The van der Waals surface area contributed by atoms with Gasteiger partial charge < -0.3 is 0 Å². The van der Waals surface area contributed by atoms with E-state index in [1.807, 2.05) is 0 Å². The van der Waals surface area contributed by atoms with Crippen LogP contribution in [0.3, 0.4) is 0 Å². The zero-order valence-corrected chi connectivity index (χ0v) is 9.33. The minimum Gasteiger partial charge on any atom is -0.244 e. The maximum atomic E-state index is 12.4. The SMILES string of the molecule is FC(F)(F)c1ccc(-c2nccs2)c(Cl)c1. The Morgan fingerprint density at radius 3 is 2.50 bits per heavy atom. The van der Waals surface area contributed by atoms with Crippen LogP contribution in [0.25, 0.3) is 10.6 Å². The first-order valence-electron chi connectivity index (χ1n) is 4.25. The smallest absolute Gasteiger partial charge is 0.244 e. The number of hydrogen-bond donors (Lipinski definition) is 0. The molecule has 0 saturated carbocycles. The van der Waals surface area contributed by atoms with E-state index in [0.717, 1.165) is 12.1 Å². The molecule has 0 radical (unpaired) electrons. The van der Waals surface area contributed by atoms with Gasteiger partial charge in [-0.15, -0.1) is 11.3 Å². The van der Waals surface area contributed by atoms with Crippen LogP contribution in [0.1, 0.15) is 5.56 Å². The fraction of sp³-hybridized carbons (Fsp3) is 0.100. The van der Waals surface area contributed by atoms with Gasteiger partial charge in [0.15, 0.2) is 0 Å². The van der Waals surface area contributed by atoms with Crippen LogP contribution in [-0.4, -0.2) is 4.98 Å². The second-order valence-corrected chi connectivity index (χ2v) is 4.33. The summed E-state index contributed by atoms with van der Waals surface area (Å²) in [4.78, 5) is 3.99. The van der Waals surface area contributed by atoms with Crippen LogP contribution in [0.5, 0.6) is 0 Å². The van der Waals surface area contributed by atoms with Gasteiger partial charge in [-0.1, -0.05) is 11.6 Å². The summed E-state index contributed by atoms with van der Waals surface area (Å²) < 4.78 is 37.1. The lowest BCUT2D eigenvalue weighted by Gasteiger charge is -2.08. The van der Waals surface area contributed by atoms with E-state index in [9.17, 15) is 13.2 Å². The number of rotatable bonds is 1. The van der Waals surface area contributed by atoms with Crippen molar-refractivity contribution in [2.75, 3.05) is 0 Å². The van der Waals surface area contributed by atoms with Crippen LogP contribution in [0, 0.1) is 0 Å². The number of hydrogen-bond acceptors (Lipinski definition) is 2. The molecule has 1 heterocycles. The summed E-state index contributed by atoms with van der Waals surface area (Å²) in [6.07, 6.45) is -2.79. The highest BCUT2D eigenvalue weighted by atomic mass is 35.5. The summed E-state index contributed by atoms with van der Waals surface area (Å²) >= 11 is 7.12. The van der Waals surface area contributed by atoms with Crippen molar-refractivity contribution in [2.45, 2.75) is 6.18 Å². The minimum atomic E-state index is -4.37. The van der Waals surface area contributed by atoms with Crippen molar-refractivity contribution in [3.8, 4) is 10.6 Å². The van der Waals surface area contributed by atoms with E-state index >= 15 is 0 Å². The van der Waals surface area contributed by atoms with Crippen molar-refractivity contribution in [1.29, 1.82) is 0 Å². The monoisotopic (exact) mass is 263 g/mol. The lowest BCUT2D eigenvalue weighted by molar-refractivity contribution is -0.137. The molecule has 0 aliphatic heterocycles. The van der Waals surface area contributed by atoms with Crippen molar-refractivity contribution >= 4 is 22.9 Å². The molecular formula is C10H5ClF3NS. The Balaban J connectivity index is 2.46. The first-order chi connectivity index (χ1) is 7.48. The third-order valence-electron chi connectivity index (χ3n) is 1.96. The number of nitrogens with zero attached hydrogens (tertiary/aromatic N) is 1. The Labute approximate surface area is 98.5 Å². The van der Waals surface area contributed by atoms with E-state index in [1.165, 1.54) is 17.4 Å². The molecule has 1 aromatic heterocycles. The van der Waals surface area contributed by atoms with Crippen LogP contribution in [0.15, 0.2) is 29.8 Å². The summed E-state index contributed by atoms with van der Waals surface area (Å²) in [5, 5.41) is 2.41. The molecule has 1 aromatic carbocycles. The van der Waals surface area contributed by atoms with Crippen molar-refractivity contribution in [1.82, 2.24) is 4.98 Å². The number of thiazole rings is 1. The van der Waals surface area contributed by atoms with E-state index in [2.05, 4.69) is 4.98 Å². The standard InChI is InChI=1S/C10H5ClF3NS/c11-8-5-6(10(12,13)14)1-2-7(8)9-15-3-4-16-9/h1-5H. The third-order valence-corrected chi connectivity index (χ3v) is 3.08. The number of halogens is 4. The van der Waals surface area contributed by atoms with Gasteiger partial charge in [0.05, 0.1) is 10.6 Å². The van der Waals surface area contributed by atoms with Crippen molar-refractivity contribution in [3.63, 3.8) is 0 Å². The maximum absolute atomic E-state index is 12.4. The fourth-order valence-corrected chi connectivity index (χ4v) is 2.22. The fourth-order valence-electron chi connectivity index (χ4n) is 1.22. The summed E-state index contributed by atoms with van der Waals surface area (Å²) in [5.74, 6) is 0. The van der Waals surface area contributed by atoms with E-state index in [1.54, 1.807) is 11.6 Å². The summed E-state index contributed by atoms with van der Waals surface area (Å²) in [6.45, 7) is 0. The average molecular weight is 264 g/mol. The molecule has 6 heteroatoms. The van der Waals surface area contributed by atoms with Gasteiger partial charge in [0.2, 0.25) is 0 Å². The van der Waals surface area contributed by atoms with Gasteiger partial charge in [0, 0.05) is 17.1 Å². The number of aromatic nitrogens is 1. The normalized spacial score (nSPS) is 11.8. The topological polar surface area (TPSA) is 12.9 Å². The van der Waals surface area contributed by atoms with Gasteiger partial charge in [-0.3, -0.25) is 0 Å². The Hall–Kier alpha value is -1.07. The van der Waals surface area contributed by atoms with Crippen LogP contribution < -0.4 is 0 Å². The zero-order valence-electron chi connectivity index (χ0n) is 7.75. The van der Waals surface area contributed by atoms with Gasteiger partial charge >= 0.3 is 6.18 Å². The molecule has 16 heavy (non-hydrogen) atoms. The molecule has 0 N–H and O–H groups in total. The quantitative estimate of drug-likeness (QED) is 0.739. The van der Waals surface area contributed by atoms with E-state index < -0.39 is 11.7 Å². The van der Waals surface area contributed by atoms with Gasteiger partial charge in [0.25, 0.3) is 0 Å². The Bertz CT molecular complexity index is 493. The van der Waals surface area contributed by atoms with Crippen LogP contribution >= 0.6 is 22.9 Å². The molecule has 2 aromatic rings. The highest BCUT2D eigenvalue weighted by Crippen LogP contribution is 2.35. The second kappa shape index (κ2) is 4.07. The maximum Gasteiger partial charge on any atom is 0.416 e.